The smallest absolute Gasteiger partial charge is 0.272 e. The fraction of sp³-hybridized carbons (Fsp3) is 0.409. The number of rotatable bonds is 3. The number of pyridine rings is 1. The van der Waals surface area contributed by atoms with E-state index in [9.17, 15) is 14.0 Å². The van der Waals surface area contributed by atoms with Crippen molar-refractivity contribution in [3.05, 3.63) is 64.7 Å². The number of hydrogen-bond acceptors (Lipinski definition) is 3. The number of hydrogen-bond donors (Lipinski definition) is 0. The van der Waals surface area contributed by atoms with E-state index in [4.69, 9.17) is 0 Å². The van der Waals surface area contributed by atoms with Crippen LogP contribution in [0.3, 0.4) is 0 Å². The molecule has 2 bridgehead atoms. The summed E-state index contributed by atoms with van der Waals surface area (Å²) in [6.07, 6.45) is 4.89. The van der Waals surface area contributed by atoms with Crippen molar-refractivity contribution >= 4 is 11.8 Å². The summed E-state index contributed by atoms with van der Waals surface area (Å²) in [4.78, 5) is 33.9. The second kappa shape index (κ2) is 6.40. The van der Waals surface area contributed by atoms with Gasteiger partial charge in [-0.25, -0.2) is 4.39 Å². The highest BCUT2D eigenvalue weighted by Gasteiger charge is 2.47. The zero-order chi connectivity index (χ0) is 19.4. The van der Waals surface area contributed by atoms with Crippen LogP contribution in [0.2, 0.25) is 0 Å². The largest absolute Gasteiger partial charge is 0.332 e. The van der Waals surface area contributed by atoms with Crippen LogP contribution < -0.4 is 0 Å². The first-order chi connectivity index (χ1) is 13.5. The summed E-state index contributed by atoms with van der Waals surface area (Å²) in [5.41, 5.74) is 2.88. The van der Waals surface area contributed by atoms with E-state index < -0.39 is 0 Å². The van der Waals surface area contributed by atoms with E-state index in [0.717, 1.165) is 6.42 Å². The van der Waals surface area contributed by atoms with Gasteiger partial charge in [-0.2, -0.15) is 0 Å². The summed E-state index contributed by atoms with van der Waals surface area (Å²) in [6, 6.07) is 8.21. The van der Waals surface area contributed by atoms with Gasteiger partial charge in [0.1, 0.15) is 11.5 Å². The molecule has 3 aliphatic rings. The van der Waals surface area contributed by atoms with Gasteiger partial charge < -0.3 is 9.80 Å². The molecular weight excluding hydrogens is 357 g/mol. The molecule has 1 aromatic carbocycles. The van der Waals surface area contributed by atoms with Gasteiger partial charge in [0, 0.05) is 24.8 Å². The zero-order valence-corrected chi connectivity index (χ0v) is 15.8. The predicted molar refractivity (Wildman–Crippen MR) is 102 cm³/mol. The van der Waals surface area contributed by atoms with Crippen LogP contribution in [0.15, 0.2) is 36.5 Å². The molecule has 1 saturated carbocycles. The predicted octanol–water partition coefficient (Wildman–Crippen LogP) is 3.15. The highest BCUT2D eigenvalue weighted by molar-refractivity contribution is 5.97. The van der Waals surface area contributed by atoms with Crippen LogP contribution in [0.25, 0.3) is 0 Å². The minimum absolute atomic E-state index is 0.0116. The SMILES string of the molecule is Cc1cc(F)ccc1C(=O)N1C[C@@H]2C[C@H]1CN2C(=O)c1cc(C2CC2)ccn1. The van der Waals surface area contributed by atoms with E-state index in [1.165, 1.54) is 30.5 Å². The summed E-state index contributed by atoms with van der Waals surface area (Å²) in [5.74, 6) is 0.123. The minimum Gasteiger partial charge on any atom is -0.332 e. The van der Waals surface area contributed by atoms with E-state index in [1.807, 2.05) is 21.9 Å². The molecule has 0 unspecified atom stereocenters. The molecule has 1 aromatic heterocycles. The minimum atomic E-state index is -0.338. The molecule has 0 N–H and O–H groups in total. The Morgan fingerprint density at radius 2 is 1.75 bits per heavy atom. The molecule has 2 atom stereocenters. The average molecular weight is 379 g/mol. The summed E-state index contributed by atoms with van der Waals surface area (Å²) < 4.78 is 13.3. The number of fused-ring (bicyclic) bond motifs is 2. The standard InChI is InChI=1S/C22H22FN3O2/c1-13-8-16(23)4-5-19(13)21(27)25-11-18-10-17(25)12-26(18)22(28)20-9-15(6-7-24-20)14-2-3-14/h4-9,14,17-18H,2-3,10-12H2,1H3/t17-,18-/m0/s1. The lowest BCUT2D eigenvalue weighted by Gasteiger charge is -2.34. The lowest BCUT2D eigenvalue weighted by molar-refractivity contribution is 0.0523. The van der Waals surface area contributed by atoms with Crippen molar-refractivity contribution in [2.75, 3.05) is 13.1 Å². The van der Waals surface area contributed by atoms with Crippen molar-refractivity contribution in [2.45, 2.75) is 44.2 Å². The molecule has 2 aliphatic heterocycles. The number of amides is 2. The van der Waals surface area contributed by atoms with Crippen LogP contribution in [0, 0.1) is 12.7 Å². The number of carbonyl (C=O) groups excluding carboxylic acids is 2. The van der Waals surface area contributed by atoms with Crippen LogP contribution in [0.4, 0.5) is 4.39 Å². The highest BCUT2D eigenvalue weighted by atomic mass is 19.1. The maximum absolute atomic E-state index is 13.3. The number of halogens is 1. The molecule has 3 heterocycles. The molecule has 28 heavy (non-hydrogen) atoms. The molecule has 5 nitrogen and oxygen atoms in total. The third-order valence-corrected chi connectivity index (χ3v) is 6.23. The molecule has 144 valence electrons. The summed E-state index contributed by atoms with van der Waals surface area (Å²) in [6.45, 7) is 2.80. The van der Waals surface area contributed by atoms with Gasteiger partial charge in [0.25, 0.3) is 11.8 Å². The molecule has 6 heteroatoms. The summed E-state index contributed by atoms with van der Waals surface area (Å²) in [7, 11) is 0. The number of benzene rings is 1. The van der Waals surface area contributed by atoms with Gasteiger partial charge in [-0.15, -0.1) is 0 Å². The second-order valence-electron chi connectivity index (χ2n) is 8.17. The number of aryl methyl sites for hydroxylation is 1. The maximum atomic E-state index is 13.3. The lowest BCUT2D eigenvalue weighted by Crippen LogP contribution is -2.50. The van der Waals surface area contributed by atoms with Crippen molar-refractivity contribution in [2.24, 2.45) is 0 Å². The van der Waals surface area contributed by atoms with Crippen molar-refractivity contribution in [1.82, 2.24) is 14.8 Å². The second-order valence-corrected chi connectivity index (χ2v) is 8.17. The quantitative estimate of drug-likeness (QED) is 0.823. The van der Waals surface area contributed by atoms with Crippen LogP contribution >= 0.6 is 0 Å². The summed E-state index contributed by atoms with van der Waals surface area (Å²) in [5, 5.41) is 0. The fourth-order valence-corrected chi connectivity index (χ4v) is 4.57. The van der Waals surface area contributed by atoms with E-state index in [1.54, 1.807) is 19.2 Å². The van der Waals surface area contributed by atoms with Gasteiger partial charge in [-0.3, -0.25) is 14.6 Å². The Balaban J connectivity index is 1.31. The van der Waals surface area contributed by atoms with Gasteiger partial charge >= 0.3 is 0 Å². The first-order valence-corrected chi connectivity index (χ1v) is 9.85. The van der Waals surface area contributed by atoms with Crippen molar-refractivity contribution in [3.8, 4) is 0 Å². The lowest BCUT2D eigenvalue weighted by atomic mass is 10.1. The van der Waals surface area contributed by atoms with E-state index in [0.29, 0.717) is 35.8 Å². The summed E-state index contributed by atoms with van der Waals surface area (Å²) >= 11 is 0. The average Bonchev–Trinajstić information content (AvgIpc) is 3.36. The Bertz CT molecular complexity index is 972. The van der Waals surface area contributed by atoms with Gasteiger partial charge in [-0.1, -0.05) is 0 Å². The van der Waals surface area contributed by atoms with Crippen molar-refractivity contribution in [1.29, 1.82) is 0 Å². The Labute approximate surface area is 163 Å². The number of likely N-dealkylation sites (tertiary alicyclic amines) is 2. The molecule has 2 amide bonds. The Hall–Kier alpha value is -2.76. The number of carbonyl (C=O) groups is 2. The van der Waals surface area contributed by atoms with Crippen LogP contribution in [-0.4, -0.2) is 51.8 Å². The van der Waals surface area contributed by atoms with Crippen LogP contribution in [-0.2, 0) is 0 Å². The Morgan fingerprint density at radius 3 is 2.39 bits per heavy atom. The van der Waals surface area contributed by atoms with Gasteiger partial charge in [-0.05, 0) is 73.6 Å². The third-order valence-electron chi connectivity index (χ3n) is 6.23. The molecule has 0 radical (unpaired) electrons. The molecular formula is C22H22FN3O2. The topological polar surface area (TPSA) is 53.5 Å². The molecule has 0 spiro atoms. The van der Waals surface area contributed by atoms with Gasteiger partial charge in [0.05, 0.1) is 12.1 Å². The van der Waals surface area contributed by atoms with Crippen molar-refractivity contribution < 1.29 is 14.0 Å². The fourth-order valence-electron chi connectivity index (χ4n) is 4.57. The normalized spacial score (nSPS) is 23.4. The van der Waals surface area contributed by atoms with Crippen LogP contribution in [0.1, 0.15) is 57.2 Å². The van der Waals surface area contributed by atoms with Crippen molar-refractivity contribution in [3.63, 3.8) is 0 Å². The molecule has 5 rings (SSSR count). The Morgan fingerprint density at radius 1 is 1.04 bits per heavy atom. The number of nitrogens with zero attached hydrogens (tertiary/aromatic N) is 3. The number of piperazine rings is 1. The number of aromatic nitrogens is 1. The molecule has 3 fully saturated rings. The van der Waals surface area contributed by atoms with Gasteiger partial charge in [0.2, 0.25) is 0 Å². The zero-order valence-electron chi connectivity index (χ0n) is 15.8. The monoisotopic (exact) mass is 379 g/mol. The first-order valence-electron chi connectivity index (χ1n) is 9.85. The molecule has 2 aromatic rings. The van der Waals surface area contributed by atoms with Crippen LogP contribution in [0.5, 0.6) is 0 Å². The highest BCUT2D eigenvalue weighted by Crippen LogP contribution is 2.40. The van der Waals surface area contributed by atoms with E-state index in [2.05, 4.69) is 4.98 Å². The van der Waals surface area contributed by atoms with E-state index in [-0.39, 0.29) is 29.7 Å². The van der Waals surface area contributed by atoms with Gasteiger partial charge in [0.15, 0.2) is 0 Å². The Kier molecular flexibility index (Phi) is 3.96. The third kappa shape index (κ3) is 2.87. The molecule has 1 aliphatic carbocycles. The molecule has 2 saturated heterocycles. The van der Waals surface area contributed by atoms with E-state index >= 15 is 0 Å². The maximum Gasteiger partial charge on any atom is 0.272 e. The first kappa shape index (κ1) is 17.3.